The molecule has 2 aromatic rings. The Hall–Kier alpha value is -2.08. The van der Waals surface area contributed by atoms with E-state index in [1.807, 2.05) is 32.3 Å². The molecule has 0 bridgehead atoms. The number of hydrogen-bond donors (Lipinski definition) is 1. The minimum absolute atomic E-state index is 0.113. The van der Waals surface area contributed by atoms with Crippen molar-refractivity contribution in [2.24, 2.45) is 7.05 Å². The number of nitrogens with zero attached hydrogens (tertiary/aromatic N) is 3. The van der Waals surface area contributed by atoms with Crippen LogP contribution in [0.4, 0.5) is 0 Å². The molecule has 1 heterocycles. The van der Waals surface area contributed by atoms with Crippen molar-refractivity contribution >= 4 is 0 Å². The first-order valence-corrected chi connectivity index (χ1v) is 6.41. The lowest BCUT2D eigenvalue weighted by Crippen LogP contribution is -2.20. The Morgan fingerprint density at radius 2 is 1.85 bits per heavy atom. The SMILES string of the molecule is CNC(Cc1ncnn1C)c1cc(OC)cc(OC)c1. The number of hydrogen-bond acceptors (Lipinski definition) is 5. The first-order chi connectivity index (χ1) is 9.67. The normalized spacial score (nSPS) is 12.2. The van der Waals surface area contributed by atoms with Crippen molar-refractivity contribution in [3.8, 4) is 11.5 Å². The van der Waals surface area contributed by atoms with Gasteiger partial charge in [-0.3, -0.25) is 4.68 Å². The fourth-order valence-electron chi connectivity index (χ4n) is 2.10. The lowest BCUT2D eigenvalue weighted by Gasteiger charge is -2.18. The van der Waals surface area contributed by atoms with Crippen molar-refractivity contribution < 1.29 is 9.47 Å². The summed E-state index contributed by atoms with van der Waals surface area (Å²) in [5, 5.41) is 7.39. The van der Waals surface area contributed by atoms with Crippen molar-refractivity contribution in [2.45, 2.75) is 12.5 Å². The van der Waals surface area contributed by atoms with Crippen molar-refractivity contribution in [3.63, 3.8) is 0 Å². The number of benzene rings is 1. The quantitative estimate of drug-likeness (QED) is 0.862. The zero-order valence-electron chi connectivity index (χ0n) is 12.3. The highest BCUT2D eigenvalue weighted by Gasteiger charge is 2.15. The van der Waals surface area contributed by atoms with Crippen LogP contribution in [0.2, 0.25) is 0 Å². The fourth-order valence-corrected chi connectivity index (χ4v) is 2.10. The molecule has 0 saturated heterocycles. The molecule has 2 rings (SSSR count). The maximum absolute atomic E-state index is 5.31. The number of ether oxygens (including phenoxy) is 2. The summed E-state index contributed by atoms with van der Waals surface area (Å²) in [7, 11) is 7.11. The van der Waals surface area contributed by atoms with Crippen LogP contribution in [0.25, 0.3) is 0 Å². The van der Waals surface area contributed by atoms with Gasteiger partial charge in [0.2, 0.25) is 0 Å². The topological polar surface area (TPSA) is 61.2 Å². The summed E-state index contributed by atoms with van der Waals surface area (Å²) in [4.78, 5) is 4.26. The highest BCUT2D eigenvalue weighted by Crippen LogP contribution is 2.27. The maximum atomic E-state index is 5.31. The molecule has 1 aromatic carbocycles. The van der Waals surface area contributed by atoms with E-state index in [1.165, 1.54) is 0 Å². The molecule has 0 fully saturated rings. The Balaban J connectivity index is 2.29. The molecule has 0 amide bonds. The summed E-state index contributed by atoms with van der Waals surface area (Å²) >= 11 is 0. The third kappa shape index (κ3) is 3.08. The maximum Gasteiger partial charge on any atom is 0.138 e. The molecule has 108 valence electrons. The van der Waals surface area contributed by atoms with E-state index >= 15 is 0 Å². The van der Waals surface area contributed by atoms with E-state index in [-0.39, 0.29) is 6.04 Å². The van der Waals surface area contributed by atoms with Crippen molar-refractivity contribution in [3.05, 3.63) is 35.9 Å². The number of rotatable bonds is 6. The van der Waals surface area contributed by atoms with Gasteiger partial charge in [0.1, 0.15) is 23.7 Å². The molecule has 6 nitrogen and oxygen atoms in total. The van der Waals surface area contributed by atoms with Gasteiger partial charge in [0.15, 0.2) is 0 Å². The van der Waals surface area contributed by atoms with Crippen molar-refractivity contribution in [1.82, 2.24) is 20.1 Å². The second-order valence-corrected chi connectivity index (χ2v) is 4.49. The minimum atomic E-state index is 0.113. The van der Waals surface area contributed by atoms with Crippen LogP contribution in [-0.2, 0) is 13.5 Å². The first kappa shape index (κ1) is 14.3. The van der Waals surface area contributed by atoms with Crippen LogP contribution in [0, 0.1) is 0 Å². The van der Waals surface area contributed by atoms with Crippen LogP contribution < -0.4 is 14.8 Å². The molecule has 0 radical (unpaired) electrons. The number of methoxy groups -OCH3 is 2. The summed E-state index contributed by atoms with van der Waals surface area (Å²) < 4.78 is 12.4. The summed E-state index contributed by atoms with van der Waals surface area (Å²) in [6.45, 7) is 0. The zero-order chi connectivity index (χ0) is 14.5. The first-order valence-electron chi connectivity index (χ1n) is 6.41. The number of aromatic nitrogens is 3. The number of likely N-dealkylation sites (N-methyl/N-ethyl adjacent to an activating group) is 1. The lowest BCUT2D eigenvalue weighted by atomic mass is 10.0. The van der Waals surface area contributed by atoms with Crippen molar-refractivity contribution in [1.29, 1.82) is 0 Å². The van der Waals surface area contributed by atoms with Gasteiger partial charge in [-0.15, -0.1) is 0 Å². The van der Waals surface area contributed by atoms with Gasteiger partial charge in [0.25, 0.3) is 0 Å². The van der Waals surface area contributed by atoms with Gasteiger partial charge in [-0.05, 0) is 24.7 Å². The Morgan fingerprint density at radius 1 is 1.20 bits per heavy atom. The van der Waals surface area contributed by atoms with Crippen LogP contribution in [-0.4, -0.2) is 36.0 Å². The van der Waals surface area contributed by atoms with Gasteiger partial charge in [-0.2, -0.15) is 5.10 Å². The fraction of sp³-hybridized carbons (Fsp3) is 0.429. The molecule has 1 N–H and O–H groups in total. The highest BCUT2D eigenvalue weighted by atomic mass is 16.5. The molecule has 0 aliphatic carbocycles. The molecule has 1 unspecified atom stereocenters. The summed E-state index contributed by atoms with van der Waals surface area (Å²) in [5.74, 6) is 2.47. The van der Waals surface area contributed by atoms with Crippen LogP contribution in [0.5, 0.6) is 11.5 Å². The predicted octanol–water partition coefficient (Wildman–Crippen LogP) is 1.34. The van der Waals surface area contributed by atoms with Gasteiger partial charge in [0, 0.05) is 25.6 Å². The Kier molecular flexibility index (Phi) is 4.57. The van der Waals surface area contributed by atoms with Gasteiger partial charge in [-0.25, -0.2) is 4.98 Å². The smallest absolute Gasteiger partial charge is 0.138 e. The standard InChI is InChI=1S/C14H20N4O2/c1-15-13(8-14-16-9-17-18(14)2)10-5-11(19-3)7-12(6-10)20-4/h5-7,9,13,15H,8H2,1-4H3. The molecule has 0 aliphatic heterocycles. The van der Waals surface area contributed by atoms with Gasteiger partial charge < -0.3 is 14.8 Å². The monoisotopic (exact) mass is 276 g/mol. The Bertz CT molecular complexity index is 546. The second-order valence-electron chi connectivity index (χ2n) is 4.49. The third-order valence-electron chi connectivity index (χ3n) is 3.32. The zero-order valence-corrected chi connectivity index (χ0v) is 12.3. The van der Waals surface area contributed by atoms with Crippen LogP contribution in [0.15, 0.2) is 24.5 Å². The van der Waals surface area contributed by atoms with E-state index in [1.54, 1.807) is 25.2 Å². The third-order valence-corrected chi connectivity index (χ3v) is 3.32. The minimum Gasteiger partial charge on any atom is -0.497 e. The average Bonchev–Trinajstić information content (AvgIpc) is 2.89. The number of aryl methyl sites for hydroxylation is 1. The van der Waals surface area contributed by atoms with E-state index < -0.39 is 0 Å². The van der Waals surface area contributed by atoms with Gasteiger partial charge in [0.05, 0.1) is 14.2 Å². The van der Waals surface area contributed by atoms with Crippen molar-refractivity contribution in [2.75, 3.05) is 21.3 Å². The van der Waals surface area contributed by atoms with E-state index in [0.29, 0.717) is 0 Å². The molecule has 20 heavy (non-hydrogen) atoms. The van der Waals surface area contributed by atoms with E-state index in [9.17, 15) is 0 Å². The molecule has 0 spiro atoms. The van der Waals surface area contributed by atoms with Crippen LogP contribution >= 0.6 is 0 Å². The van der Waals surface area contributed by atoms with Gasteiger partial charge >= 0.3 is 0 Å². The highest BCUT2D eigenvalue weighted by molar-refractivity contribution is 5.40. The van der Waals surface area contributed by atoms with Gasteiger partial charge in [-0.1, -0.05) is 0 Å². The molecule has 6 heteroatoms. The molecule has 1 atom stereocenters. The molecular weight excluding hydrogens is 256 g/mol. The van der Waals surface area contributed by atoms with E-state index in [4.69, 9.17) is 9.47 Å². The summed E-state index contributed by atoms with van der Waals surface area (Å²) in [5.41, 5.74) is 1.09. The summed E-state index contributed by atoms with van der Waals surface area (Å²) in [6.07, 6.45) is 2.30. The molecule has 1 aromatic heterocycles. The van der Waals surface area contributed by atoms with E-state index in [0.717, 1.165) is 29.3 Å². The second kappa shape index (κ2) is 6.38. The molecular formula is C14H20N4O2. The summed E-state index contributed by atoms with van der Waals surface area (Å²) in [6, 6.07) is 5.97. The predicted molar refractivity (Wildman–Crippen MR) is 76.1 cm³/mol. The van der Waals surface area contributed by atoms with Crippen LogP contribution in [0.3, 0.4) is 0 Å². The van der Waals surface area contributed by atoms with E-state index in [2.05, 4.69) is 15.4 Å². The average molecular weight is 276 g/mol. The number of nitrogens with one attached hydrogen (secondary N) is 1. The molecule has 0 aliphatic rings. The lowest BCUT2D eigenvalue weighted by molar-refractivity contribution is 0.391. The largest absolute Gasteiger partial charge is 0.497 e. The molecule has 0 saturated carbocycles. The Labute approximate surface area is 118 Å². The van der Waals surface area contributed by atoms with Crippen LogP contribution in [0.1, 0.15) is 17.4 Å². The Morgan fingerprint density at radius 3 is 2.30 bits per heavy atom.